The number of rotatable bonds is 4. The molecule has 1 N–H and O–H groups in total. The molecule has 1 heterocycles. The molecule has 0 aliphatic rings. The fourth-order valence-electron chi connectivity index (χ4n) is 2.10. The van der Waals surface area contributed by atoms with Crippen LogP contribution in [0.25, 0.3) is 0 Å². The Balaban J connectivity index is 2.21. The van der Waals surface area contributed by atoms with Crippen molar-refractivity contribution < 1.29 is 22.7 Å². The average Bonchev–Trinajstić information content (AvgIpc) is 2.76. The Morgan fingerprint density at radius 2 is 2.04 bits per heavy atom. The molecule has 0 aliphatic carbocycles. The first-order chi connectivity index (χ1) is 11.1. The van der Waals surface area contributed by atoms with Gasteiger partial charge in [0.1, 0.15) is 12.3 Å². The summed E-state index contributed by atoms with van der Waals surface area (Å²) in [4.78, 5) is 12.1. The third-order valence-electron chi connectivity index (χ3n) is 3.32. The first-order valence-electron chi connectivity index (χ1n) is 6.88. The molecule has 2 aromatic rings. The van der Waals surface area contributed by atoms with Gasteiger partial charge in [-0.2, -0.15) is 18.3 Å². The number of nitrogens with zero attached hydrogens (tertiary/aromatic N) is 2. The molecule has 0 bridgehead atoms. The number of hydrogen-bond donors (Lipinski definition) is 1. The molecule has 1 aromatic carbocycles. The number of amides is 1. The molecule has 9 heteroatoms. The number of aromatic nitrogens is 2. The van der Waals surface area contributed by atoms with Crippen molar-refractivity contribution in [1.82, 2.24) is 9.78 Å². The number of carbonyl (C=O) groups excluding carboxylic acids is 1. The summed E-state index contributed by atoms with van der Waals surface area (Å²) < 4.78 is 44.4. The zero-order valence-electron chi connectivity index (χ0n) is 13.2. The van der Waals surface area contributed by atoms with Gasteiger partial charge >= 0.3 is 6.18 Å². The van der Waals surface area contributed by atoms with Crippen LogP contribution in [-0.4, -0.2) is 22.8 Å². The van der Waals surface area contributed by atoms with Crippen LogP contribution in [-0.2, 0) is 17.5 Å². The minimum absolute atomic E-state index is 0.0651. The third kappa shape index (κ3) is 3.81. The van der Waals surface area contributed by atoms with Gasteiger partial charge in [-0.1, -0.05) is 17.7 Å². The van der Waals surface area contributed by atoms with E-state index >= 15 is 0 Å². The van der Waals surface area contributed by atoms with E-state index in [1.807, 2.05) is 13.0 Å². The highest BCUT2D eigenvalue weighted by atomic mass is 35.5. The highest BCUT2D eigenvalue weighted by Gasteiger charge is 2.38. The van der Waals surface area contributed by atoms with E-state index in [9.17, 15) is 18.0 Å². The summed E-state index contributed by atoms with van der Waals surface area (Å²) >= 11 is 5.66. The lowest BCUT2D eigenvalue weighted by Crippen LogP contribution is -2.21. The Kier molecular flexibility index (Phi) is 5.08. The molecule has 0 unspecified atom stereocenters. The van der Waals surface area contributed by atoms with Crippen molar-refractivity contribution in [2.45, 2.75) is 26.6 Å². The van der Waals surface area contributed by atoms with Crippen molar-refractivity contribution in [2.75, 3.05) is 12.4 Å². The lowest BCUT2D eigenvalue weighted by Gasteiger charge is -2.11. The quantitative estimate of drug-likeness (QED) is 0.900. The number of carbonyl (C=O) groups is 1. The molecule has 130 valence electrons. The summed E-state index contributed by atoms with van der Waals surface area (Å²) in [6.45, 7) is 2.80. The van der Waals surface area contributed by atoms with Gasteiger partial charge in [0, 0.05) is 0 Å². The van der Waals surface area contributed by atoms with Gasteiger partial charge in [0.2, 0.25) is 5.91 Å². The second-order valence-corrected chi connectivity index (χ2v) is 5.53. The molecule has 0 saturated carbocycles. The smallest absolute Gasteiger partial charge is 0.436 e. The average molecular weight is 362 g/mol. The van der Waals surface area contributed by atoms with E-state index in [0.29, 0.717) is 11.4 Å². The summed E-state index contributed by atoms with van der Waals surface area (Å²) in [6, 6.07) is 5.19. The Morgan fingerprint density at radius 3 is 2.58 bits per heavy atom. The molecule has 0 atom stereocenters. The van der Waals surface area contributed by atoms with Gasteiger partial charge in [0.15, 0.2) is 5.69 Å². The van der Waals surface area contributed by atoms with Crippen molar-refractivity contribution in [3.05, 3.63) is 40.2 Å². The van der Waals surface area contributed by atoms with Gasteiger partial charge in [-0.3, -0.25) is 9.48 Å². The van der Waals surface area contributed by atoms with Gasteiger partial charge in [-0.25, -0.2) is 0 Å². The predicted octanol–water partition coefficient (Wildman–Crippen LogP) is 3.82. The van der Waals surface area contributed by atoms with Gasteiger partial charge in [0.05, 0.1) is 23.5 Å². The number of anilines is 1. The lowest BCUT2D eigenvalue weighted by atomic mass is 10.2. The third-order valence-corrected chi connectivity index (χ3v) is 3.78. The largest absolute Gasteiger partial charge is 0.495 e. The maximum Gasteiger partial charge on any atom is 0.436 e. The van der Waals surface area contributed by atoms with E-state index in [-0.39, 0.29) is 5.69 Å². The van der Waals surface area contributed by atoms with Crippen molar-refractivity contribution in [3.63, 3.8) is 0 Å². The van der Waals surface area contributed by atoms with Crippen LogP contribution >= 0.6 is 11.6 Å². The molecule has 0 radical (unpaired) electrons. The molecule has 0 saturated heterocycles. The fraction of sp³-hybridized carbons (Fsp3) is 0.333. The molecule has 5 nitrogen and oxygen atoms in total. The van der Waals surface area contributed by atoms with Crippen molar-refractivity contribution in [3.8, 4) is 5.75 Å². The number of nitrogens with one attached hydrogen (secondary N) is 1. The number of alkyl halides is 3. The zero-order chi connectivity index (χ0) is 18.1. The van der Waals surface area contributed by atoms with Crippen LogP contribution in [0.1, 0.15) is 17.0 Å². The summed E-state index contributed by atoms with van der Waals surface area (Å²) in [5.41, 5.74) is 0.177. The molecule has 1 aromatic heterocycles. The Morgan fingerprint density at radius 1 is 1.38 bits per heavy atom. The van der Waals surface area contributed by atoms with Crippen LogP contribution in [0.2, 0.25) is 5.02 Å². The number of aryl methyl sites for hydroxylation is 1. The molecule has 2 rings (SSSR count). The van der Waals surface area contributed by atoms with Crippen molar-refractivity contribution in [2.24, 2.45) is 0 Å². The molecular formula is C15H15ClF3N3O2. The highest BCUT2D eigenvalue weighted by molar-refractivity contribution is 6.32. The van der Waals surface area contributed by atoms with Crippen LogP contribution in [0.4, 0.5) is 18.9 Å². The maximum absolute atomic E-state index is 12.8. The molecule has 0 aliphatic heterocycles. The van der Waals surface area contributed by atoms with Crippen LogP contribution in [0.15, 0.2) is 18.2 Å². The van der Waals surface area contributed by atoms with Crippen LogP contribution in [0.3, 0.4) is 0 Å². The van der Waals surface area contributed by atoms with Crippen LogP contribution in [0, 0.1) is 13.8 Å². The maximum atomic E-state index is 12.8. The van der Waals surface area contributed by atoms with Gasteiger partial charge < -0.3 is 10.1 Å². The second-order valence-electron chi connectivity index (χ2n) is 5.16. The molecule has 1 amide bonds. The summed E-state index contributed by atoms with van der Waals surface area (Å²) in [7, 11) is 1.45. The Labute approximate surface area is 141 Å². The lowest BCUT2D eigenvalue weighted by molar-refractivity contribution is -0.141. The van der Waals surface area contributed by atoms with E-state index in [2.05, 4.69) is 10.4 Å². The summed E-state index contributed by atoms with van der Waals surface area (Å²) in [5, 5.41) is 5.48. The monoisotopic (exact) mass is 361 g/mol. The zero-order valence-corrected chi connectivity index (χ0v) is 13.9. The number of benzene rings is 1. The number of hydrogen-bond acceptors (Lipinski definition) is 3. The highest BCUT2D eigenvalue weighted by Crippen LogP contribution is 2.35. The summed E-state index contributed by atoms with van der Waals surface area (Å²) in [5.74, 6) is -0.102. The minimum Gasteiger partial charge on any atom is -0.495 e. The molecule has 24 heavy (non-hydrogen) atoms. The normalized spacial score (nSPS) is 11.5. The topological polar surface area (TPSA) is 56.1 Å². The Hall–Kier alpha value is -2.22. The number of halogens is 4. The standard InChI is InChI=1S/C15H15ClF3N3O2/c1-8-4-5-11(24-3)10(6-8)20-12(23)7-22-9(2)13(16)14(21-22)15(17,18)19/h4-6H,7H2,1-3H3,(H,20,23). The van der Waals surface area contributed by atoms with Gasteiger partial charge in [-0.05, 0) is 31.5 Å². The second kappa shape index (κ2) is 6.72. The SMILES string of the molecule is COc1ccc(C)cc1NC(=O)Cn1nc(C(F)(F)F)c(Cl)c1C. The fourth-order valence-corrected chi connectivity index (χ4v) is 2.35. The number of ether oxygens (including phenoxy) is 1. The first-order valence-corrected chi connectivity index (χ1v) is 7.26. The van der Waals surface area contributed by atoms with Crippen molar-refractivity contribution >= 4 is 23.2 Å². The number of methoxy groups -OCH3 is 1. The molecular weight excluding hydrogens is 347 g/mol. The van der Waals surface area contributed by atoms with Gasteiger partial charge in [-0.15, -0.1) is 0 Å². The van der Waals surface area contributed by atoms with Crippen LogP contribution < -0.4 is 10.1 Å². The van der Waals surface area contributed by atoms with Gasteiger partial charge in [0.25, 0.3) is 0 Å². The minimum atomic E-state index is -4.68. The molecule has 0 spiro atoms. The van der Waals surface area contributed by atoms with E-state index < -0.39 is 29.3 Å². The first kappa shape index (κ1) is 18.1. The Bertz CT molecular complexity index is 772. The van der Waals surface area contributed by atoms with Crippen molar-refractivity contribution in [1.29, 1.82) is 0 Å². The van der Waals surface area contributed by atoms with E-state index in [1.165, 1.54) is 14.0 Å². The molecule has 0 fully saturated rings. The van der Waals surface area contributed by atoms with Crippen LogP contribution in [0.5, 0.6) is 5.75 Å². The van der Waals surface area contributed by atoms with E-state index in [1.54, 1.807) is 12.1 Å². The predicted molar refractivity (Wildman–Crippen MR) is 83.3 cm³/mol. The van der Waals surface area contributed by atoms with E-state index in [4.69, 9.17) is 16.3 Å². The van der Waals surface area contributed by atoms with E-state index in [0.717, 1.165) is 10.2 Å². The summed E-state index contributed by atoms with van der Waals surface area (Å²) in [6.07, 6.45) is -4.68.